The highest BCUT2D eigenvalue weighted by molar-refractivity contribution is 5.70. The Bertz CT molecular complexity index is 651. The number of rotatable bonds is 38. The number of carbonyl (C=O) groups excluding carboxylic acids is 2. The molecule has 0 spiro atoms. The van der Waals surface area contributed by atoms with Gasteiger partial charge < -0.3 is 14.6 Å². The molecule has 0 aliphatic carbocycles. The van der Waals surface area contributed by atoms with Crippen molar-refractivity contribution in [1.29, 1.82) is 0 Å². The van der Waals surface area contributed by atoms with Crippen LogP contribution >= 0.6 is 0 Å². The van der Waals surface area contributed by atoms with E-state index in [-0.39, 0.29) is 25.2 Å². The van der Waals surface area contributed by atoms with Gasteiger partial charge in [0.1, 0.15) is 6.61 Å². The summed E-state index contributed by atoms with van der Waals surface area (Å²) < 4.78 is 10.6. The SMILES string of the molecule is CCCCCCCCCCCCCC(=O)OC[C@H](CO)OC(=O)CCCCCCCCCCCCCCCCCCCCC(C)CC. The highest BCUT2D eigenvalue weighted by atomic mass is 16.6. The van der Waals surface area contributed by atoms with Crippen LogP contribution < -0.4 is 0 Å². The Kier molecular flexibility index (Phi) is 36.8. The fourth-order valence-electron chi connectivity index (χ4n) is 6.36. The van der Waals surface area contributed by atoms with Crippen LogP contribution in [0, 0.1) is 5.92 Å². The van der Waals surface area contributed by atoms with Crippen LogP contribution in [0.15, 0.2) is 0 Å². The summed E-state index contributed by atoms with van der Waals surface area (Å²) in [4.78, 5) is 24.2. The molecular formula is C42H82O5. The molecule has 0 aromatic carbocycles. The number of hydrogen-bond donors (Lipinski definition) is 1. The molecule has 5 nitrogen and oxygen atoms in total. The van der Waals surface area contributed by atoms with Gasteiger partial charge in [0.15, 0.2) is 6.10 Å². The van der Waals surface area contributed by atoms with Crippen LogP contribution in [0.4, 0.5) is 0 Å². The van der Waals surface area contributed by atoms with E-state index in [1.807, 2.05) is 0 Å². The highest BCUT2D eigenvalue weighted by Gasteiger charge is 2.16. The predicted molar refractivity (Wildman–Crippen MR) is 201 cm³/mol. The summed E-state index contributed by atoms with van der Waals surface area (Å²) in [5.74, 6) is 0.339. The van der Waals surface area contributed by atoms with E-state index in [1.165, 1.54) is 167 Å². The standard InChI is InChI=1S/C42H82O5/c1-4-6-7-8-9-10-19-23-26-29-32-35-41(44)46-38-40(37-43)47-42(45)36-33-30-27-24-21-18-16-14-12-11-13-15-17-20-22-25-28-31-34-39(3)5-2/h39-40,43H,4-38H2,1-3H3/t39?,40-/m0/s1. The molecule has 0 fully saturated rings. The maximum atomic E-state index is 12.2. The zero-order valence-corrected chi connectivity index (χ0v) is 32.0. The molecule has 0 rings (SSSR count). The van der Waals surface area contributed by atoms with Gasteiger partial charge in [0, 0.05) is 12.8 Å². The average Bonchev–Trinajstić information content (AvgIpc) is 3.07. The molecule has 0 aromatic heterocycles. The molecule has 0 aliphatic rings. The Morgan fingerprint density at radius 1 is 0.489 bits per heavy atom. The first-order valence-electron chi connectivity index (χ1n) is 21.0. The zero-order valence-electron chi connectivity index (χ0n) is 32.0. The smallest absolute Gasteiger partial charge is 0.306 e. The lowest BCUT2D eigenvalue weighted by Crippen LogP contribution is -2.28. The largest absolute Gasteiger partial charge is 0.462 e. The summed E-state index contributed by atoms with van der Waals surface area (Å²) in [6.07, 6.45) is 40.2. The van der Waals surface area contributed by atoms with E-state index in [2.05, 4.69) is 20.8 Å². The number of esters is 2. The first kappa shape index (κ1) is 45.9. The van der Waals surface area contributed by atoms with Crippen molar-refractivity contribution >= 4 is 11.9 Å². The van der Waals surface area contributed by atoms with Gasteiger partial charge >= 0.3 is 11.9 Å². The van der Waals surface area contributed by atoms with Crippen molar-refractivity contribution in [1.82, 2.24) is 0 Å². The third-order valence-electron chi connectivity index (χ3n) is 9.94. The van der Waals surface area contributed by atoms with Gasteiger partial charge in [-0.05, 0) is 18.8 Å². The molecule has 0 radical (unpaired) electrons. The Morgan fingerprint density at radius 2 is 0.830 bits per heavy atom. The molecule has 0 aliphatic heterocycles. The molecule has 0 amide bonds. The van der Waals surface area contributed by atoms with Gasteiger partial charge in [-0.25, -0.2) is 0 Å². The zero-order chi connectivity index (χ0) is 34.5. The normalized spacial score (nSPS) is 12.7. The van der Waals surface area contributed by atoms with Gasteiger partial charge in [-0.2, -0.15) is 0 Å². The fourth-order valence-corrected chi connectivity index (χ4v) is 6.36. The summed E-state index contributed by atoms with van der Waals surface area (Å²) >= 11 is 0. The van der Waals surface area contributed by atoms with Crippen LogP contribution in [0.2, 0.25) is 0 Å². The van der Waals surface area contributed by atoms with Crippen LogP contribution in [-0.2, 0) is 19.1 Å². The van der Waals surface area contributed by atoms with Crippen LogP contribution in [0.3, 0.4) is 0 Å². The number of unbranched alkanes of at least 4 members (excludes halogenated alkanes) is 27. The lowest BCUT2D eigenvalue weighted by atomic mass is 9.99. The Hall–Kier alpha value is -1.10. The van der Waals surface area contributed by atoms with Gasteiger partial charge in [0.05, 0.1) is 6.61 Å². The number of ether oxygens (including phenoxy) is 2. The maximum absolute atomic E-state index is 12.2. The monoisotopic (exact) mass is 667 g/mol. The van der Waals surface area contributed by atoms with Crippen LogP contribution in [-0.4, -0.2) is 36.4 Å². The molecule has 0 saturated heterocycles. The topological polar surface area (TPSA) is 72.8 Å². The third-order valence-corrected chi connectivity index (χ3v) is 9.94. The number of hydrogen-bond acceptors (Lipinski definition) is 5. The second-order valence-electron chi connectivity index (χ2n) is 14.7. The molecule has 280 valence electrons. The molecule has 0 aromatic rings. The van der Waals surface area contributed by atoms with Crippen LogP contribution in [0.5, 0.6) is 0 Å². The average molecular weight is 667 g/mol. The summed E-state index contributed by atoms with van der Waals surface area (Å²) in [5, 5.41) is 9.55. The maximum Gasteiger partial charge on any atom is 0.306 e. The Morgan fingerprint density at radius 3 is 1.19 bits per heavy atom. The third kappa shape index (κ3) is 36.0. The van der Waals surface area contributed by atoms with Gasteiger partial charge in [-0.1, -0.05) is 207 Å². The minimum absolute atomic E-state index is 0.0576. The first-order chi connectivity index (χ1) is 23.0. The molecule has 1 N–H and O–H groups in total. The molecule has 0 heterocycles. The van der Waals surface area contributed by atoms with E-state index in [0.717, 1.165) is 38.0 Å². The van der Waals surface area contributed by atoms with E-state index < -0.39 is 6.10 Å². The minimum atomic E-state index is -0.761. The molecule has 2 atom stereocenters. The lowest BCUT2D eigenvalue weighted by molar-refractivity contribution is -0.161. The second kappa shape index (κ2) is 37.7. The van der Waals surface area contributed by atoms with Gasteiger partial charge in [0.2, 0.25) is 0 Å². The van der Waals surface area contributed by atoms with E-state index in [9.17, 15) is 14.7 Å². The van der Waals surface area contributed by atoms with Gasteiger partial charge in [-0.15, -0.1) is 0 Å². The van der Waals surface area contributed by atoms with Crippen molar-refractivity contribution < 1.29 is 24.2 Å². The van der Waals surface area contributed by atoms with Crippen LogP contribution in [0.1, 0.15) is 233 Å². The van der Waals surface area contributed by atoms with Crippen molar-refractivity contribution in [2.45, 2.75) is 239 Å². The van der Waals surface area contributed by atoms with Crippen molar-refractivity contribution in [2.24, 2.45) is 5.92 Å². The van der Waals surface area contributed by atoms with E-state index >= 15 is 0 Å². The number of carbonyl (C=O) groups is 2. The Balaban J connectivity index is 3.45. The Labute approximate surface area is 293 Å². The first-order valence-corrected chi connectivity index (χ1v) is 21.0. The van der Waals surface area contributed by atoms with Crippen molar-refractivity contribution in [2.75, 3.05) is 13.2 Å². The predicted octanol–water partition coefficient (Wildman–Crippen LogP) is 13.0. The van der Waals surface area contributed by atoms with Crippen LogP contribution in [0.25, 0.3) is 0 Å². The highest BCUT2D eigenvalue weighted by Crippen LogP contribution is 2.17. The summed E-state index contributed by atoms with van der Waals surface area (Å²) in [6, 6.07) is 0. The van der Waals surface area contributed by atoms with E-state index in [1.54, 1.807) is 0 Å². The van der Waals surface area contributed by atoms with Crippen molar-refractivity contribution in [3.05, 3.63) is 0 Å². The number of aliphatic hydroxyl groups excluding tert-OH is 1. The van der Waals surface area contributed by atoms with E-state index in [4.69, 9.17) is 9.47 Å². The molecule has 0 bridgehead atoms. The van der Waals surface area contributed by atoms with Crippen molar-refractivity contribution in [3.8, 4) is 0 Å². The molecule has 1 unspecified atom stereocenters. The lowest BCUT2D eigenvalue weighted by Gasteiger charge is -2.15. The van der Waals surface area contributed by atoms with Crippen molar-refractivity contribution in [3.63, 3.8) is 0 Å². The van der Waals surface area contributed by atoms with Gasteiger partial charge in [0.25, 0.3) is 0 Å². The molecular weight excluding hydrogens is 584 g/mol. The summed E-state index contributed by atoms with van der Waals surface area (Å²) in [7, 11) is 0. The van der Waals surface area contributed by atoms with Gasteiger partial charge in [-0.3, -0.25) is 9.59 Å². The van der Waals surface area contributed by atoms with E-state index in [0.29, 0.717) is 12.8 Å². The quantitative estimate of drug-likeness (QED) is 0.0524. The second-order valence-corrected chi connectivity index (χ2v) is 14.7. The molecule has 47 heavy (non-hydrogen) atoms. The summed E-state index contributed by atoms with van der Waals surface area (Å²) in [5.41, 5.74) is 0. The minimum Gasteiger partial charge on any atom is -0.462 e. The fraction of sp³-hybridized carbons (Fsp3) is 0.952. The summed E-state index contributed by atoms with van der Waals surface area (Å²) in [6.45, 7) is 6.56. The number of aliphatic hydroxyl groups is 1. The molecule has 0 saturated carbocycles. The molecule has 5 heteroatoms.